The molecule has 5 nitrogen and oxygen atoms in total. The minimum absolute atomic E-state index is 0.750. The Labute approximate surface area is 145 Å². The molecule has 8 heteroatoms. The largest absolute Gasteiger partial charge is 0.490 e. The SMILES string of the molecule is CC1CCCN1C1CCN(c2ccc(N)cc2)C1.O=C(O)C(F)(F)F. The molecule has 140 valence electrons. The number of likely N-dealkylation sites (tertiary alicyclic amines) is 1. The fourth-order valence-corrected chi connectivity index (χ4v) is 3.43. The summed E-state index contributed by atoms with van der Waals surface area (Å²) in [4.78, 5) is 14.1. The fraction of sp³-hybridized carbons (Fsp3) is 0.588. The van der Waals surface area contributed by atoms with Crippen LogP contribution in [-0.4, -0.2) is 53.9 Å². The Kier molecular flexibility index (Phi) is 6.16. The molecule has 0 saturated carbocycles. The van der Waals surface area contributed by atoms with E-state index in [1.807, 2.05) is 12.1 Å². The number of alkyl halides is 3. The van der Waals surface area contributed by atoms with Crippen molar-refractivity contribution in [3.63, 3.8) is 0 Å². The van der Waals surface area contributed by atoms with E-state index in [1.165, 1.54) is 44.6 Å². The van der Waals surface area contributed by atoms with E-state index >= 15 is 0 Å². The second-order valence-corrected chi connectivity index (χ2v) is 6.51. The molecule has 2 saturated heterocycles. The molecule has 0 bridgehead atoms. The molecule has 0 aromatic heterocycles. The van der Waals surface area contributed by atoms with E-state index in [4.69, 9.17) is 15.6 Å². The summed E-state index contributed by atoms with van der Waals surface area (Å²) in [6, 6.07) is 9.82. The van der Waals surface area contributed by atoms with E-state index in [1.54, 1.807) is 0 Å². The minimum Gasteiger partial charge on any atom is -0.475 e. The molecule has 2 fully saturated rings. The summed E-state index contributed by atoms with van der Waals surface area (Å²) >= 11 is 0. The van der Waals surface area contributed by atoms with Crippen molar-refractivity contribution in [3.8, 4) is 0 Å². The van der Waals surface area contributed by atoms with Crippen molar-refractivity contribution in [2.45, 2.75) is 44.4 Å². The maximum Gasteiger partial charge on any atom is 0.490 e. The van der Waals surface area contributed by atoms with E-state index in [-0.39, 0.29) is 0 Å². The molecule has 2 unspecified atom stereocenters. The fourth-order valence-electron chi connectivity index (χ4n) is 3.43. The molecule has 25 heavy (non-hydrogen) atoms. The Balaban J connectivity index is 0.000000277. The molecule has 2 heterocycles. The van der Waals surface area contributed by atoms with Gasteiger partial charge in [-0.2, -0.15) is 13.2 Å². The molecule has 0 amide bonds. The van der Waals surface area contributed by atoms with Crippen molar-refractivity contribution in [2.24, 2.45) is 0 Å². The zero-order valence-electron chi connectivity index (χ0n) is 14.2. The zero-order valence-corrected chi connectivity index (χ0v) is 14.2. The van der Waals surface area contributed by atoms with Crippen LogP contribution in [0.5, 0.6) is 0 Å². The molecule has 1 aromatic rings. The summed E-state index contributed by atoms with van der Waals surface area (Å²) in [6.07, 6.45) is -1.04. The summed E-state index contributed by atoms with van der Waals surface area (Å²) in [7, 11) is 0. The number of nitrogens with zero attached hydrogens (tertiary/aromatic N) is 2. The number of carboxylic acid groups (broad SMARTS) is 1. The van der Waals surface area contributed by atoms with E-state index in [0.29, 0.717) is 0 Å². The number of benzene rings is 1. The monoisotopic (exact) mass is 359 g/mol. The normalized spacial score (nSPS) is 24.1. The summed E-state index contributed by atoms with van der Waals surface area (Å²) in [5, 5.41) is 7.12. The number of carbonyl (C=O) groups is 1. The van der Waals surface area contributed by atoms with Gasteiger partial charge in [0.15, 0.2) is 0 Å². The average Bonchev–Trinajstić information content (AvgIpc) is 3.16. The maximum absolute atomic E-state index is 10.6. The molecule has 0 radical (unpaired) electrons. The lowest BCUT2D eigenvalue weighted by atomic mass is 10.2. The van der Waals surface area contributed by atoms with Crippen LogP contribution in [0.2, 0.25) is 0 Å². The molecule has 0 spiro atoms. The van der Waals surface area contributed by atoms with Crippen LogP contribution < -0.4 is 10.6 Å². The highest BCUT2D eigenvalue weighted by Gasteiger charge is 2.38. The Morgan fingerprint density at radius 2 is 1.80 bits per heavy atom. The van der Waals surface area contributed by atoms with Gasteiger partial charge in [0.25, 0.3) is 0 Å². The van der Waals surface area contributed by atoms with Crippen molar-refractivity contribution in [2.75, 3.05) is 30.3 Å². The lowest BCUT2D eigenvalue weighted by Gasteiger charge is -2.28. The van der Waals surface area contributed by atoms with Crippen molar-refractivity contribution in [3.05, 3.63) is 24.3 Å². The van der Waals surface area contributed by atoms with Crippen LogP contribution in [0.15, 0.2) is 24.3 Å². The smallest absolute Gasteiger partial charge is 0.475 e. The Bertz CT molecular complexity index is 577. The van der Waals surface area contributed by atoms with Crippen LogP contribution in [0.1, 0.15) is 26.2 Å². The summed E-state index contributed by atoms with van der Waals surface area (Å²) in [5.41, 5.74) is 7.91. The standard InChI is InChI=1S/C15H23N3.C2HF3O2/c1-12-3-2-9-18(12)15-8-10-17(11-15)14-6-4-13(16)5-7-14;3-2(4,5)1(6)7/h4-7,12,15H,2-3,8-11,16H2,1H3;(H,6,7). The van der Waals surface area contributed by atoms with E-state index in [2.05, 4.69) is 28.9 Å². The number of anilines is 2. The summed E-state index contributed by atoms with van der Waals surface area (Å²) < 4.78 is 31.7. The third-order valence-electron chi connectivity index (χ3n) is 4.74. The number of hydrogen-bond acceptors (Lipinski definition) is 4. The van der Waals surface area contributed by atoms with Gasteiger partial charge in [-0.05, 0) is 57.0 Å². The van der Waals surface area contributed by atoms with E-state index < -0.39 is 12.1 Å². The second kappa shape index (κ2) is 7.95. The number of hydrogen-bond donors (Lipinski definition) is 2. The quantitative estimate of drug-likeness (QED) is 0.795. The molecule has 3 rings (SSSR count). The van der Waals surface area contributed by atoms with Gasteiger partial charge in [0, 0.05) is 36.5 Å². The lowest BCUT2D eigenvalue weighted by Crippen LogP contribution is -2.39. The molecule has 2 aliphatic heterocycles. The maximum atomic E-state index is 10.6. The first-order chi connectivity index (χ1) is 11.7. The van der Waals surface area contributed by atoms with Crippen molar-refractivity contribution >= 4 is 17.3 Å². The van der Waals surface area contributed by atoms with Crippen LogP contribution in [0.4, 0.5) is 24.5 Å². The first-order valence-electron chi connectivity index (χ1n) is 8.35. The Hall–Kier alpha value is -1.96. The van der Waals surface area contributed by atoms with Gasteiger partial charge in [0.2, 0.25) is 0 Å². The van der Waals surface area contributed by atoms with Gasteiger partial charge >= 0.3 is 12.1 Å². The molecule has 3 N–H and O–H groups in total. The first-order valence-corrected chi connectivity index (χ1v) is 8.35. The minimum atomic E-state index is -5.08. The molecule has 0 aliphatic carbocycles. The number of nitrogen functional groups attached to an aromatic ring is 1. The highest BCUT2D eigenvalue weighted by atomic mass is 19.4. The average molecular weight is 359 g/mol. The molecular weight excluding hydrogens is 335 g/mol. The molecule has 1 aromatic carbocycles. The third kappa shape index (κ3) is 5.26. The van der Waals surface area contributed by atoms with Crippen molar-refractivity contribution in [1.82, 2.24) is 4.90 Å². The van der Waals surface area contributed by atoms with Crippen LogP contribution in [-0.2, 0) is 4.79 Å². The van der Waals surface area contributed by atoms with Gasteiger partial charge in [-0.3, -0.25) is 4.90 Å². The van der Waals surface area contributed by atoms with Crippen molar-refractivity contribution in [1.29, 1.82) is 0 Å². The molecule has 2 aliphatic rings. The number of rotatable bonds is 2. The van der Waals surface area contributed by atoms with Gasteiger partial charge in [-0.15, -0.1) is 0 Å². The van der Waals surface area contributed by atoms with Gasteiger partial charge < -0.3 is 15.7 Å². The number of aliphatic carboxylic acids is 1. The lowest BCUT2D eigenvalue weighted by molar-refractivity contribution is -0.192. The van der Waals surface area contributed by atoms with Crippen molar-refractivity contribution < 1.29 is 23.1 Å². The van der Waals surface area contributed by atoms with Gasteiger partial charge in [0.05, 0.1) is 0 Å². The van der Waals surface area contributed by atoms with Crippen LogP contribution in [0.25, 0.3) is 0 Å². The topological polar surface area (TPSA) is 69.8 Å². The Morgan fingerprint density at radius 1 is 1.20 bits per heavy atom. The number of halogens is 3. The third-order valence-corrected chi connectivity index (χ3v) is 4.74. The van der Waals surface area contributed by atoms with Crippen LogP contribution >= 0.6 is 0 Å². The van der Waals surface area contributed by atoms with Gasteiger partial charge in [0.1, 0.15) is 0 Å². The molecular formula is C17H24F3N3O2. The van der Waals surface area contributed by atoms with Gasteiger partial charge in [-0.1, -0.05) is 0 Å². The zero-order chi connectivity index (χ0) is 18.6. The second-order valence-electron chi connectivity index (χ2n) is 6.51. The summed E-state index contributed by atoms with van der Waals surface area (Å²) in [5.74, 6) is -2.76. The van der Waals surface area contributed by atoms with E-state index in [9.17, 15) is 13.2 Å². The van der Waals surface area contributed by atoms with Crippen LogP contribution in [0, 0.1) is 0 Å². The predicted molar refractivity (Wildman–Crippen MR) is 90.6 cm³/mol. The molecule has 2 atom stereocenters. The van der Waals surface area contributed by atoms with E-state index in [0.717, 1.165) is 17.8 Å². The highest BCUT2D eigenvalue weighted by molar-refractivity contribution is 5.73. The first kappa shape index (κ1) is 19.4. The predicted octanol–water partition coefficient (Wildman–Crippen LogP) is 2.97. The van der Waals surface area contributed by atoms with Gasteiger partial charge in [-0.25, -0.2) is 4.79 Å². The number of carboxylic acids is 1. The Morgan fingerprint density at radius 3 is 2.28 bits per heavy atom. The number of nitrogens with two attached hydrogens (primary N) is 1. The summed E-state index contributed by atoms with van der Waals surface area (Å²) in [6.45, 7) is 6.02. The highest BCUT2D eigenvalue weighted by Crippen LogP contribution is 2.28. The van der Waals surface area contributed by atoms with Crippen LogP contribution in [0.3, 0.4) is 0 Å².